The number of alkyl halides is 2. The van der Waals surface area contributed by atoms with Crippen LogP contribution in [0.3, 0.4) is 0 Å². The van der Waals surface area contributed by atoms with Crippen molar-refractivity contribution in [3.05, 3.63) is 48.7 Å². The van der Waals surface area contributed by atoms with Crippen LogP contribution in [0.4, 0.5) is 13.2 Å². The molecule has 1 atom stereocenters. The summed E-state index contributed by atoms with van der Waals surface area (Å²) in [5, 5.41) is 10.2. The highest BCUT2D eigenvalue weighted by Gasteiger charge is 2.43. The third-order valence-corrected chi connectivity index (χ3v) is 7.24. The second-order valence-corrected chi connectivity index (χ2v) is 9.11. The fourth-order valence-electron chi connectivity index (χ4n) is 4.31. The van der Waals surface area contributed by atoms with Crippen molar-refractivity contribution in [2.24, 2.45) is 5.73 Å². The van der Waals surface area contributed by atoms with E-state index in [4.69, 9.17) is 5.73 Å². The van der Waals surface area contributed by atoms with Crippen LogP contribution >= 0.6 is 11.3 Å². The molecule has 10 heteroatoms. The number of benzene rings is 1. The highest BCUT2D eigenvalue weighted by molar-refractivity contribution is 7.15. The molecule has 2 aliphatic rings. The first-order valence-electron chi connectivity index (χ1n) is 9.57. The molecule has 0 radical (unpaired) electrons. The molecule has 1 fully saturated rings. The molecule has 0 bridgehead atoms. The minimum atomic E-state index is -3.05. The van der Waals surface area contributed by atoms with Crippen molar-refractivity contribution in [3.8, 4) is 16.2 Å². The highest BCUT2D eigenvalue weighted by Crippen LogP contribution is 2.48. The van der Waals surface area contributed by atoms with Crippen LogP contribution < -0.4 is 17.0 Å². The molecule has 2 aliphatic carbocycles. The number of H-pyrrole nitrogens is 1. The second kappa shape index (κ2) is 6.21. The summed E-state index contributed by atoms with van der Waals surface area (Å²) in [6.07, 6.45) is 1.19. The number of fused-ring (bicyclic) bond motifs is 2. The van der Waals surface area contributed by atoms with E-state index in [1.54, 1.807) is 6.92 Å². The van der Waals surface area contributed by atoms with E-state index in [-0.39, 0.29) is 40.9 Å². The summed E-state index contributed by atoms with van der Waals surface area (Å²) in [4.78, 5) is 27.9. The van der Waals surface area contributed by atoms with Gasteiger partial charge in [0.25, 0.3) is 11.5 Å². The molecule has 1 aromatic carbocycles. The maximum absolute atomic E-state index is 15.3. The zero-order chi connectivity index (χ0) is 21.5. The highest BCUT2D eigenvalue weighted by atomic mass is 32.1. The van der Waals surface area contributed by atoms with E-state index in [0.717, 1.165) is 24.2 Å². The molecule has 2 aromatic heterocycles. The normalized spacial score (nSPS) is 20.5. The van der Waals surface area contributed by atoms with Gasteiger partial charge >= 0.3 is 5.69 Å². The lowest BCUT2D eigenvalue weighted by molar-refractivity contribution is -0.0392. The monoisotopic (exact) mass is 437 g/mol. The van der Waals surface area contributed by atoms with E-state index >= 15 is 4.39 Å². The Morgan fingerprint density at radius 1 is 1.33 bits per heavy atom. The van der Waals surface area contributed by atoms with E-state index in [1.807, 2.05) is 0 Å². The molecular weight excluding hydrogens is 419 g/mol. The van der Waals surface area contributed by atoms with Gasteiger partial charge in [0.15, 0.2) is 11.6 Å². The van der Waals surface area contributed by atoms with Crippen molar-refractivity contribution in [1.82, 2.24) is 9.55 Å². The molecule has 1 saturated carbocycles. The van der Waals surface area contributed by atoms with E-state index < -0.39 is 34.8 Å². The number of thiophene rings is 1. The van der Waals surface area contributed by atoms with E-state index in [1.165, 1.54) is 10.6 Å². The summed E-state index contributed by atoms with van der Waals surface area (Å²) in [5.41, 5.74) is 4.98. The van der Waals surface area contributed by atoms with Gasteiger partial charge in [-0.1, -0.05) is 0 Å². The maximum atomic E-state index is 15.3. The second-order valence-electron chi connectivity index (χ2n) is 7.97. The van der Waals surface area contributed by atoms with Crippen LogP contribution in [0.2, 0.25) is 0 Å². The van der Waals surface area contributed by atoms with Gasteiger partial charge in [-0.25, -0.2) is 18.0 Å². The molecule has 6 nitrogen and oxygen atoms in total. The first-order valence-corrected chi connectivity index (χ1v) is 10.4. The van der Waals surface area contributed by atoms with Gasteiger partial charge in [-0.15, -0.1) is 11.3 Å². The van der Waals surface area contributed by atoms with Crippen LogP contribution in [0.1, 0.15) is 47.4 Å². The van der Waals surface area contributed by atoms with Gasteiger partial charge in [-0.05, 0) is 43.4 Å². The summed E-state index contributed by atoms with van der Waals surface area (Å²) < 4.78 is 44.7. The molecule has 4 N–H and O–H groups in total. The van der Waals surface area contributed by atoms with Crippen LogP contribution in [0.15, 0.2) is 15.7 Å². The molecule has 0 aliphatic heterocycles. The molecule has 3 aromatic rings. The zero-order valence-electron chi connectivity index (χ0n) is 15.9. The third-order valence-electron chi connectivity index (χ3n) is 6.01. The molecular formula is C20H18F3N3O3S. The number of halogens is 3. The van der Waals surface area contributed by atoms with Crippen molar-refractivity contribution in [2.75, 3.05) is 0 Å². The Balaban J connectivity index is 1.83. The van der Waals surface area contributed by atoms with E-state index in [2.05, 4.69) is 4.98 Å². The summed E-state index contributed by atoms with van der Waals surface area (Å²) >= 11 is 1.14. The Hall–Kier alpha value is -2.59. The average Bonchev–Trinajstić information content (AvgIpc) is 3.41. The Kier molecular flexibility index (Phi) is 4.01. The smallest absolute Gasteiger partial charge is 0.329 e. The molecule has 30 heavy (non-hydrogen) atoms. The average molecular weight is 437 g/mol. The molecule has 2 heterocycles. The molecule has 158 valence electrons. The fourth-order valence-corrected chi connectivity index (χ4v) is 5.61. The van der Waals surface area contributed by atoms with Gasteiger partial charge in [-0.2, -0.15) is 0 Å². The van der Waals surface area contributed by atoms with Crippen molar-refractivity contribution >= 4 is 22.2 Å². The number of phenols is 1. The van der Waals surface area contributed by atoms with Crippen molar-refractivity contribution in [1.29, 1.82) is 0 Å². The van der Waals surface area contributed by atoms with Crippen molar-refractivity contribution in [3.63, 3.8) is 0 Å². The minimum absolute atomic E-state index is 0.00526. The number of phenolic OH excluding ortho intramolecular Hbond substituents is 1. The first-order chi connectivity index (χ1) is 14.1. The van der Waals surface area contributed by atoms with Crippen LogP contribution in [0.5, 0.6) is 5.75 Å². The number of rotatable bonds is 2. The number of nitrogens with zero attached hydrogens (tertiary/aromatic N) is 1. The SMILES string of the molecule is Cc1c(-c2cc3c(s2)CCC(F)(F)C3N)c(F)c(O)c2c(=O)[nH]c(=O)n(C3CC3)c12. The number of aromatic nitrogens is 2. The van der Waals surface area contributed by atoms with Gasteiger partial charge in [0.2, 0.25) is 0 Å². The fraction of sp³-hybridized carbons (Fsp3) is 0.400. The lowest BCUT2D eigenvalue weighted by atomic mass is 9.90. The lowest BCUT2D eigenvalue weighted by Crippen LogP contribution is -2.36. The Labute approximate surface area is 171 Å². The van der Waals surface area contributed by atoms with Crippen molar-refractivity contribution < 1.29 is 18.3 Å². The van der Waals surface area contributed by atoms with Crippen LogP contribution in [0, 0.1) is 12.7 Å². The Morgan fingerprint density at radius 3 is 2.70 bits per heavy atom. The number of aromatic hydroxyl groups is 1. The summed E-state index contributed by atoms with van der Waals surface area (Å²) in [6.45, 7) is 1.56. The number of hydrogen-bond acceptors (Lipinski definition) is 5. The largest absolute Gasteiger partial charge is 0.504 e. The minimum Gasteiger partial charge on any atom is -0.504 e. The summed E-state index contributed by atoms with van der Waals surface area (Å²) in [7, 11) is 0. The van der Waals surface area contributed by atoms with Gasteiger partial charge in [-0.3, -0.25) is 14.3 Å². The number of nitrogens with one attached hydrogen (secondary N) is 1. The molecule has 0 amide bonds. The summed E-state index contributed by atoms with van der Waals surface area (Å²) in [5.74, 6) is -4.93. The number of aryl methyl sites for hydroxylation is 2. The van der Waals surface area contributed by atoms with Gasteiger partial charge in [0.1, 0.15) is 5.39 Å². The molecule has 0 spiro atoms. The topological polar surface area (TPSA) is 101 Å². The van der Waals surface area contributed by atoms with Gasteiger partial charge < -0.3 is 10.8 Å². The first kappa shape index (κ1) is 19.4. The van der Waals surface area contributed by atoms with Crippen LogP contribution in [-0.2, 0) is 6.42 Å². The van der Waals surface area contributed by atoms with Gasteiger partial charge in [0, 0.05) is 27.8 Å². The number of nitrogens with two attached hydrogens (primary N) is 1. The van der Waals surface area contributed by atoms with Gasteiger partial charge in [0.05, 0.1) is 11.6 Å². The standard InChI is InChI=1S/C20H18F3N3O3S/c1-7-12(11-6-9-10(30-11)4-5-20(22,23)17(9)24)14(21)16(27)13-15(7)26(8-2-3-8)19(29)25-18(13)28/h6,8,17,27H,2-5,24H2,1H3,(H,25,28,29). The zero-order valence-corrected chi connectivity index (χ0v) is 16.7. The van der Waals surface area contributed by atoms with E-state index in [0.29, 0.717) is 15.3 Å². The third kappa shape index (κ3) is 2.59. The predicted octanol–water partition coefficient (Wildman–Crippen LogP) is 3.49. The quantitative estimate of drug-likeness (QED) is 0.571. The van der Waals surface area contributed by atoms with Crippen LogP contribution in [-0.4, -0.2) is 20.6 Å². The van der Waals surface area contributed by atoms with Crippen LogP contribution in [0.25, 0.3) is 21.3 Å². The lowest BCUT2D eigenvalue weighted by Gasteiger charge is -2.28. The van der Waals surface area contributed by atoms with E-state index in [9.17, 15) is 23.5 Å². The Bertz CT molecular complexity index is 1340. The molecule has 0 saturated heterocycles. The maximum Gasteiger partial charge on any atom is 0.329 e. The summed E-state index contributed by atoms with van der Waals surface area (Å²) in [6, 6.07) is -0.200. The Morgan fingerprint density at radius 2 is 2.03 bits per heavy atom. The number of hydrogen-bond donors (Lipinski definition) is 3. The molecule has 1 unspecified atom stereocenters. The van der Waals surface area contributed by atoms with Crippen molar-refractivity contribution in [2.45, 2.75) is 50.6 Å². The predicted molar refractivity (Wildman–Crippen MR) is 107 cm³/mol. The molecule has 5 rings (SSSR count). The number of aromatic amines is 1.